The number of aliphatic hydroxyl groups excluding tert-OH is 1. The Hall–Kier alpha value is -3.33. The van der Waals surface area contributed by atoms with Gasteiger partial charge in [0.25, 0.3) is 11.8 Å². The van der Waals surface area contributed by atoms with Crippen LogP contribution in [0, 0.1) is 11.7 Å². The van der Waals surface area contributed by atoms with E-state index in [4.69, 9.17) is 14.4 Å². The number of aromatic nitrogens is 3. The largest absolute Gasteiger partial charge is 0.481 e. The third-order valence-electron chi connectivity index (χ3n) is 5.22. The molecular formula is C23H25FN4O4. The molecule has 8 nitrogen and oxygen atoms in total. The number of rotatable bonds is 9. The molecule has 32 heavy (non-hydrogen) atoms. The SMILES string of the molecule is CC(Oc1ccc(CC2CC2)nc1)c1noc(-c2ccc(C(=O)N[C@H](C)CO)c(F)c2)n1. The Labute approximate surface area is 184 Å². The first kappa shape index (κ1) is 21.9. The van der Waals surface area contributed by atoms with Gasteiger partial charge in [0.1, 0.15) is 11.6 Å². The summed E-state index contributed by atoms with van der Waals surface area (Å²) in [4.78, 5) is 20.8. The Bertz CT molecular complexity index is 1080. The second-order valence-corrected chi connectivity index (χ2v) is 8.10. The van der Waals surface area contributed by atoms with E-state index >= 15 is 0 Å². The highest BCUT2D eigenvalue weighted by Gasteiger charge is 2.22. The molecule has 3 aromatic rings. The van der Waals surface area contributed by atoms with Crippen LogP contribution < -0.4 is 10.1 Å². The maximum absolute atomic E-state index is 14.5. The Morgan fingerprint density at radius 1 is 1.31 bits per heavy atom. The molecule has 1 aliphatic rings. The van der Waals surface area contributed by atoms with Crippen molar-refractivity contribution in [3.8, 4) is 17.2 Å². The number of amides is 1. The molecule has 168 valence electrons. The van der Waals surface area contributed by atoms with Gasteiger partial charge in [-0.05, 0) is 69.4 Å². The fourth-order valence-corrected chi connectivity index (χ4v) is 3.17. The van der Waals surface area contributed by atoms with Gasteiger partial charge in [0.15, 0.2) is 6.10 Å². The second kappa shape index (κ2) is 9.44. The summed E-state index contributed by atoms with van der Waals surface area (Å²) in [6, 6.07) is 7.37. The number of ether oxygens (including phenoxy) is 1. The van der Waals surface area contributed by atoms with Crippen molar-refractivity contribution >= 4 is 5.91 Å². The minimum atomic E-state index is -0.730. The number of hydrogen-bond donors (Lipinski definition) is 2. The average molecular weight is 440 g/mol. The van der Waals surface area contributed by atoms with Gasteiger partial charge in [-0.15, -0.1) is 0 Å². The Kier molecular flexibility index (Phi) is 6.45. The standard InChI is InChI=1S/C23H25FN4O4/c1-13(12-29)26-22(30)19-8-5-16(10-20(19)24)23-27-21(28-32-23)14(2)31-18-7-6-17(25-11-18)9-15-3-4-15/h5-8,10-11,13-15,29H,3-4,9,12H2,1-2H3,(H,26,30)/t13-,14?/m1/s1. The van der Waals surface area contributed by atoms with E-state index in [1.165, 1.54) is 25.0 Å². The molecule has 0 saturated heterocycles. The average Bonchev–Trinajstić information content (AvgIpc) is 3.45. The molecule has 1 unspecified atom stereocenters. The molecule has 1 aliphatic carbocycles. The quantitative estimate of drug-likeness (QED) is 0.524. The highest BCUT2D eigenvalue weighted by Crippen LogP contribution is 2.32. The lowest BCUT2D eigenvalue weighted by molar-refractivity contribution is 0.0918. The van der Waals surface area contributed by atoms with Crippen LogP contribution in [0.4, 0.5) is 4.39 Å². The third kappa shape index (κ3) is 5.28. The highest BCUT2D eigenvalue weighted by molar-refractivity contribution is 5.95. The minimum absolute atomic E-state index is 0.114. The van der Waals surface area contributed by atoms with Gasteiger partial charge in [-0.25, -0.2) is 4.39 Å². The Morgan fingerprint density at radius 3 is 2.78 bits per heavy atom. The van der Waals surface area contributed by atoms with Gasteiger partial charge < -0.3 is 19.7 Å². The summed E-state index contributed by atoms with van der Waals surface area (Å²) in [6.07, 6.45) is 4.74. The van der Waals surface area contributed by atoms with Crippen LogP contribution in [0.15, 0.2) is 41.1 Å². The smallest absolute Gasteiger partial charge is 0.258 e. The van der Waals surface area contributed by atoms with E-state index in [0.717, 1.165) is 24.1 Å². The zero-order valence-corrected chi connectivity index (χ0v) is 17.9. The van der Waals surface area contributed by atoms with E-state index in [0.29, 0.717) is 17.1 Å². The number of carbonyl (C=O) groups is 1. The van der Waals surface area contributed by atoms with Crippen LogP contribution in [-0.4, -0.2) is 38.8 Å². The molecule has 0 bridgehead atoms. The number of nitrogens with one attached hydrogen (secondary N) is 1. The zero-order valence-electron chi connectivity index (χ0n) is 17.9. The van der Waals surface area contributed by atoms with E-state index in [-0.39, 0.29) is 18.1 Å². The molecular weight excluding hydrogens is 415 g/mol. The van der Waals surface area contributed by atoms with Gasteiger partial charge in [0, 0.05) is 17.3 Å². The fourth-order valence-electron chi connectivity index (χ4n) is 3.17. The first-order valence-corrected chi connectivity index (χ1v) is 10.6. The fraction of sp³-hybridized carbons (Fsp3) is 0.391. The van der Waals surface area contributed by atoms with Crippen molar-refractivity contribution in [2.24, 2.45) is 5.92 Å². The van der Waals surface area contributed by atoms with Gasteiger partial charge in [0.2, 0.25) is 5.82 Å². The first-order valence-electron chi connectivity index (χ1n) is 10.6. The topological polar surface area (TPSA) is 110 Å². The van der Waals surface area contributed by atoms with Crippen molar-refractivity contribution in [2.45, 2.75) is 45.3 Å². The van der Waals surface area contributed by atoms with Crippen LogP contribution in [0.1, 0.15) is 54.7 Å². The normalized spacial score (nSPS) is 15.2. The summed E-state index contributed by atoms with van der Waals surface area (Å²) < 4.78 is 25.6. The number of benzene rings is 1. The second-order valence-electron chi connectivity index (χ2n) is 8.10. The summed E-state index contributed by atoms with van der Waals surface area (Å²) in [5, 5.41) is 15.5. The number of pyridine rings is 1. The maximum atomic E-state index is 14.5. The number of aliphatic hydroxyl groups is 1. The van der Waals surface area contributed by atoms with Crippen molar-refractivity contribution in [3.05, 3.63) is 59.4 Å². The van der Waals surface area contributed by atoms with E-state index < -0.39 is 23.9 Å². The summed E-state index contributed by atoms with van der Waals surface area (Å²) in [5.41, 5.74) is 1.26. The van der Waals surface area contributed by atoms with Crippen molar-refractivity contribution in [2.75, 3.05) is 6.61 Å². The lowest BCUT2D eigenvalue weighted by Gasteiger charge is -2.11. The molecule has 9 heteroatoms. The van der Waals surface area contributed by atoms with E-state index in [9.17, 15) is 9.18 Å². The summed E-state index contributed by atoms with van der Waals surface area (Å²) in [6.45, 7) is 3.16. The molecule has 2 N–H and O–H groups in total. The predicted octanol–water partition coefficient (Wildman–Crippen LogP) is 3.47. The van der Waals surface area contributed by atoms with Gasteiger partial charge in [0.05, 0.1) is 18.4 Å². The maximum Gasteiger partial charge on any atom is 0.258 e. The molecule has 0 aliphatic heterocycles. The van der Waals surface area contributed by atoms with Crippen LogP contribution in [-0.2, 0) is 6.42 Å². The molecule has 2 aromatic heterocycles. The third-order valence-corrected chi connectivity index (χ3v) is 5.22. The molecule has 2 heterocycles. The lowest BCUT2D eigenvalue weighted by Crippen LogP contribution is -2.35. The first-order chi connectivity index (χ1) is 15.4. The number of halogens is 1. The molecule has 1 aromatic carbocycles. The summed E-state index contributed by atoms with van der Waals surface area (Å²) in [5.74, 6) is 0.446. The zero-order chi connectivity index (χ0) is 22.7. The minimum Gasteiger partial charge on any atom is -0.481 e. The van der Waals surface area contributed by atoms with Crippen LogP contribution >= 0.6 is 0 Å². The molecule has 0 spiro atoms. The molecule has 0 radical (unpaired) electrons. The van der Waals surface area contributed by atoms with Crippen molar-refractivity contribution < 1.29 is 23.6 Å². The molecule has 1 amide bonds. The van der Waals surface area contributed by atoms with E-state index in [2.05, 4.69) is 20.4 Å². The Morgan fingerprint density at radius 2 is 2.12 bits per heavy atom. The number of hydrogen-bond acceptors (Lipinski definition) is 7. The van der Waals surface area contributed by atoms with Crippen LogP contribution in [0.3, 0.4) is 0 Å². The van der Waals surface area contributed by atoms with E-state index in [1.54, 1.807) is 20.0 Å². The monoisotopic (exact) mass is 440 g/mol. The van der Waals surface area contributed by atoms with Gasteiger partial charge in [-0.2, -0.15) is 4.98 Å². The molecule has 1 saturated carbocycles. The van der Waals surface area contributed by atoms with Crippen molar-refractivity contribution in [1.29, 1.82) is 0 Å². The van der Waals surface area contributed by atoms with Crippen molar-refractivity contribution in [3.63, 3.8) is 0 Å². The summed E-state index contributed by atoms with van der Waals surface area (Å²) >= 11 is 0. The van der Waals surface area contributed by atoms with Gasteiger partial charge in [-0.3, -0.25) is 9.78 Å². The van der Waals surface area contributed by atoms with Crippen LogP contribution in [0.5, 0.6) is 5.75 Å². The number of carbonyl (C=O) groups excluding carboxylic acids is 1. The van der Waals surface area contributed by atoms with Crippen molar-refractivity contribution in [1.82, 2.24) is 20.4 Å². The molecule has 4 rings (SSSR count). The van der Waals surface area contributed by atoms with Gasteiger partial charge in [-0.1, -0.05) is 5.16 Å². The van der Waals surface area contributed by atoms with Crippen LogP contribution in [0.2, 0.25) is 0 Å². The molecule has 2 atom stereocenters. The van der Waals surface area contributed by atoms with Gasteiger partial charge >= 0.3 is 0 Å². The highest BCUT2D eigenvalue weighted by atomic mass is 19.1. The molecule has 1 fully saturated rings. The van der Waals surface area contributed by atoms with E-state index in [1.807, 2.05) is 12.1 Å². The van der Waals surface area contributed by atoms with Crippen LogP contribution in [0.25, 0.3) is 11.5 Å². The Balaban J connectivity index is 1.41. The predicted molar refractivity (Wildman–Crippen MR) is 113 cm³/mol. The number of nitrogens with zero attached hydrogens (tertiary/aromatic N) is 3. The summed E-state index contributed by atoms with van der Waals surface area (Å²) in [7, 11) is 0. The lowest BCUT2D eigenvalue weighted by atomic mass is 10.1.